The quantitative estimate of drug-likeness (QED) is 0.168. The lowest BCUT2D eigenvalue weighted by Gasteiger charge is -2.70. The number of aliphatic hydroxyl groups is 9. The second kappa shape index (κ2) is 14.3. The Morgan fingerprint density at radius 3 is 2.07 bits per heavy atom. The zero-order valence-electron chi connectivity index (χ0n) is 33.7. The van der Waals surface area contributed by atoms with Gasteiger partial charge in [-0.2, -0.15) is 0 Å². The van der Waals surface area contributed by atoms with Gasteiger partial charge in [0.05, 0.1) is 38.1 Å². The number of ether oxygens (including phenoxy) is 4. The molecule has 2 heterocycles. The Bertz CT molecular complexity index is 1500. The van der Waals surface area contributed by atoms with Crippen LogP contribution in [-0.4, -0.2) is 139 Å². The van der Waals surface area contributed by atoms with Gasteiger partial charge in [0.15, 0.2) is 12.6 Å². The van der Waals surface area contributed by atoms with Crippen molar-refractivity contribution in [1.29, 1.82) is 0 Å². The highest BCUT2D eigenvalue weighted by Gasteiger charge is 2.69. The molecular formula is C42H68O13. The van der Waals surface area contributed by atoms with E-state index in [9.17, 15) is 46.0 Å². The van der Waals surface area contributed by atoms with Gasteiger partial charge in [0, 0.05) is 16.2 Å². The van der Waals surface area contributed by atoms with Crippen LogP contribution in [0.5, 0.6) is 0 Å². The van der Waals surface area contributed by atoms with Gasteiger partial charge >= 0.3 is 0 Å². The monoisotopic (exact) mass is 780 g/mol. The van der Waals surface area contributed by atoms with Crippen LogP contribution in [-0.2, 0) is 18.9 Å². The number of fused-ring (bicyclic) bond motifs is 6. The van der Waals surface area contributed by atoms with Crippen molar-refractivity contribution < 1.29 is 64.9 Å². The summed E-state index contributed by atoms with van der Waals surface area (Å²) in [7, 11) is 0. The first-order valence-corrected chi connectivity index (χ1v) is 20.6. The predicted molar refractivity (Wildman–Crippen MR) is 199 cm³/mol. The van der Waals surface area contributed by atoms with E-state index >= 15 is 0 Å². The lowest BCUT2D eigenvalue weighted by molar-refractivity contribution is -0.365. The molecule has 13 heteroatoms. The average molecular weight is 781 g/mol. The Morgan fingerprint density at radius 2 is 1.42 bits per heavy atom. The normalized spacial score (nSPS) is 54.9. The lowest BCUT2D eigenvalue weighted by atomic mass is 9.35. The molecule has 314 valence electrons. The van der Waals surface area contributed by atoms with Crippen LogP contribution in [0.15, 0.2) is 23.3 Å². The van der Waals surface area contributed by atoms with Crippen LogP contribution < -0.4 is 0 Å². The highest BCUT2D eigenvalue weighted by molar-refractivity contribution is 5.47. The second-order valence-corrected chi connectivity index (χ2v) is 20.3. The maximum atomic E-state index is 12.0. The van der Waals surface area contributed by atoms with Gasteiger partial charge in [-0.25, -0.2) is 0 Å². The smallest absolute Gasteiger partial charge is 0.187 e. The molecule has 2 aliphatic heterocycles. The number of hydrogen-bond donors (Lipinski definition) is 9. The van der Waals surface area contributed by atoms with Gasteiger partial charge in [-0.15, -0.1) is 0 Å². The van der Waals surface area contributed by atoms with Gasteiger partial charge in [-0.3, -0.25) is 0 Å². The van der Waals surface area contributed by atoms with E-state index in [2.05, 4.69) is 46.8 Å². The van der Waals surface area contributed by atoms with Crippen LogP contribution >= 0.6 is 0 Å². The summed E-state index contributed by atoms with van der Waals surface area (Å²) in [5.74, 6) is 0.178. The molecule has 0 spiro atoms. The van der Waals surface area contributed by atoms with Crippen molar-refractivity contribution in [2.45, 2.75) is 173 Å². The maximum absolute atomic E-state index is 12.0. The molecule has 5 fully saturated rings. The number of hydrogen-bond acceptors (Lipinski definition) is 13. The zero-order chi connectivity index (χ0) is 40.3. The van der Waals surface area contributed by atoms with Gasteiger partial charge < -0.3 is 64.9 Å². The number of aliphatic hydroxyl groups excluding tert-OH is 9. The van der Waals surface area contributed by atoms with Crippen LogP contribution in [0.4, 0.5) is 0 Å². The van der Waals surface area contributed by atoms with Gasteiger partial charge in [-0.1, -0.05) is 59.3 Å². The molecule has 13 nitrogen and oxygen atoms in total. The second-order valence-electron chi connectivity index (χ2n) is 20.3. The standard InChI is InChI=1S/C42H68O13/c1-21-34(55-36-32(50)30(48)29(47)24(18-43)53-36)31(49)33(51)35(52-21)54-28-11-12-38(4)25(39(28,5)19-44)10-13-40(6)26(38)9-8-22-23-16-37(2,3)14-15-42(23,20-45)27(46)17-41(22,40)7/h8-9,21,24-36,43-51H,10-20H2,1-7H3/t21-,24+,25+,26+,27-,28-,29+,30-,31-,32+,33-,34+,35-,36-,38-,39-,40+,41+,42+/m0/s1. The Morgan fingerprint density at radius 1 is 0.745 bits per heavy atom. The summed E-state index contributed by atoms with van der Waals surface area (Å²) in [6.07, 6.45) is -4.35. The Kier molecular flexibility index (Phi) is 11.0. The Labute approximate surface area is 325 Å². The van der Waals surface area contributed by atoms with E-state index in [1.165, 1.54) is 11.1 Å². The Hall–Kier alpha value is -1.04. The minimum atomic E-state index is -1.69. The van der Waals surface area contributed by atoms with E-state index in [1.807, 2.05) is 6.92 Å². The molecule has 2 saturated heterocycles. The summed E-state index contributed by atoms with van der Waals surface area (Å²) in [5.41, 5.74) is 0.541. The van der Waals surface area contributed by atoms with Crippen LogP contribution in [0.2, 0.25) is 0 Å². The van der Waals surface area contributed by atoms with E-state index in [4.69, 9.17) is 18.9 Å². The highest BCUT2D eigenvalue weighted by Crippen LogP contribution is 2.74. The number of rotatable bonds is 7. The fraction of sp³-hybridized carbons (Fsp3) is 0.905. The summed E-state index contributed by atoms with van der Waals surface area (Å²) >= 11 is 0. The summed E-state index contributed by atoms with van der Waals surface area (Å²) in [5, 5.41) is 97.2. The van der Waals surface area contributed by atoms with Crippen molar-refractivity contribution in [2.24, 2.45) is 44.3 Å². The third-order valence-electron chi connectivity index (χ3n) is 16.8. The van der Waals surface area contributed by atoms with Crippen molar-refractivity contribution in [2.75, 3.05) is 19.8 Å². The molecule has 0 bridgehead atoms. The molecule has 0 aromatic rings. The molecule has 0 aromatic heterocycles. The van der Waals surface area contributed by atoms with Crippen molar-refractivity contribution in [3.8, 4) is 0 Å². The SMILES string of the molecule is C[C@@H]1O[C@@H](O[C@H]2CC[C@@]3(C)[C@@H](CC[C@]4(C)[C@@H]3C=CC3=C5CC(C)(C)CC[C@]5(CO)[C@@H](O)C[C@]34C)[C@]2(C)CO)[C@@H](O)[C@H](O)[C@@H]1O[C@@H]1O[C@H](CO)[C@@H](O)[C@H](O)[C@H]1O. The third kappa shape index (κ3) is 6.12. The molecule has 0 unspecified atom stereocenters. The molecule has 0 radical (unpaired) electrons. The molecule has 55 heavy (non-hydrogen) atoms. The van der Waals surface area contributed by atoms with Crippen LogP contribution in [0.1, 0.15) is 99.8 Å². The van der Waals surface area contributed by atoms with Gasteiger partial charge in [0.1, 0.15) is 42.7 Å². The molecule has 0 aromatic carbocycles. The van der Waals surface area contributed by atoms with Gasteiger partial charge in [-0.05, 0) is 91.9 Å². The summed E-state index contributed by atoms with van der Waals surface area (Å²) in [4.78, 5) is 0. The molecule has 5 aliphatic carbocycles. The molecule has 7 aliphatic rings. The first-order chi connectivity index (χ1) is 25.7. The molecule has 7 rings (SSSR count). The molecule has 3 saturated carbocycles. The van der Waals surface area contributed by atoms with Gasteiger partial charge in [0.2, 0.25) is 0 Å². The lowest BCUT2D eigenvalue weighted by Crippen LogP contribution is -2.67. The van der Waals surface area contributed by atoms with Crippen molar-refractivity contribution in [1.82, 2.24) is 0 Å². The average Bonchev–Trinajstić information content (AvgIpc) is 3.13. The van der Waals surface area contributed by atoms with E-state index in [1.54, 1.807) is 6.92 Å². The van der Waals surface area contributed by atoms with Crippen molar-refractivity contribution >= 4 is 0 Å². The van der Waals surface area contributed by atoms with Gasteiger partial charge in [0.25, 0.3) is 0 Å². The highest BCUT2D eigenvalue weighted by atomic mass is 16.7. The third-order valence-corrected chi connectivity index (χ3v) is 16.8. The minimum absolute atomic E-state index is 0.0355. The molecule has 9 N–H and O–H groups in total. The zero-order valence-corrected chi connectivity index (χ0v) is 33.7. The van der Waals surface area contributed by atoms with Crippen LogP contribution in [0.25, 0.3) is 0 Å². The topological polar surface area (TPSA) is 219 Å². The fourth-order valence-corrected chi connectivity index (χ4v) is 13.1. The van der Waals surface area contributed by atoms with Crippen LogP contribution in [0, 0.1) is 44.3 Å². The van der Waals surface area contributed by atoms with E-state index in [0.717, 1.165) is 38.5 Å². The van der Waals surface area contributed by atoms with Crippen LogP contribution in [0.3, 0.4) is 0 Å². The number of allylic oxidation sites excluding steroid dienone is 3. The van der Waals surface area contributed by atoms with E-state index < -0.39 is 91.1 Å². The molecule has 0 amide bonds. The first kappa shape index (κ1) is 42.1. The first-order valence-electron chi connectivity index (χ1n) is 20.6. The largest absolute Gasteiger partial charge is 0.396 e. The summed E-state index contributed by atoms with van der Waals surface area (Å²) in [6, 6.07) is 0. The molecule has 19 atom stereocenters. The summed E-state index contributed by atoms with van der Waals surface area (Å²) < 4.78 is 24.0. The van der Waals surface area contributed by atoms with Crippen molar-refractivity contribution in [3.05, 3.63) is 23.3 Å². The van der Waals surface area contributed by atoms with E-state index in [-0.39, 0.29) is 46.7 Å². The summed E-state index contributed by atoms with van der Waals surface area (Å²) in [6.45, 7) is 14.5. The Balaban J connectivity index is 1.12. The van der Waals surface area contributed by atoms with E-state index in [0.29, 0.717) is 12.8 Å². The maximum Gasteiger partial charge on any atom is 0.187 e. The fourth-order valence-electron chi connectivity index (χ4n) is 13.1. The minimum Gasteiger partial charge on any atom is -0.396 e. The molecular weight excluding hydrogens is 712 g/mol. The van der Waals surface area contributed by atoms with Crippen molar-refractivity contribution in [3.63, 3.8) is 0 Å². The predicted octanol–water partition coefficient (Wildman–Crippen LogP) is 1.68.